The van der Waals surface area contributed by atoms with Crippen molar-refractivity contribution < 1.29 is 12.6 Å². The van der Waals surface area contributed by atoms with Gasteiger partial charge >= 0.3 is 11.4 Å². The van der Waals surface area contributed by atoms with E-state index in [-0.39, 0.29) is 10.8 Å². The summed E-state index contributed by atoms with van der Waals surface area (Å²) in [6.07, 6.45) is 2.31. The third kappa shape index (κ3) is 1.66. The molecule has 4 heteroatoms. The molecule has 3 fully saturated rings. The summed E-state index contributed by atoms with van der Waals surface area (Å²) < 4.78 is 22.7. The SMILES string of the molecule is O=S1OC[C@@H]2[C@H](CO1)[C@@]1(c3ccccc3)CC[C@@]21c1ccccc1. The molecule has 5 atom stereocenters. The van der Waals surface area contributed by atoms with E-state index in [1.165, 1.54) is 11.1 Å². The summed E-state index contributed by atoms with van der Waals surface area (Å²) in [7, 11) is 0. The Morgan fingerprint density at radius 2 is 1.17 bits per heavy atom. The molecule has 2 aliphatic carbocycles. The van der Waals surface area contributed by atoms with E-state index in [1.807, 2.05) is 0 Å². The maximum Gasteiger partial charge on any atom is 0.304 e. The molecule has 0 bridgehead atoms. The van der Waals surface area contributed by atoms with E-state index in [0.717, 1.165) is 12.8 Å². The van der Waals surface area contributed by atoms with Gasteiger partial charge in [-0.2, -0.15) is 4.21 Å². The van der Waals surface area contributed by atoms with E-state index in [1.54, 1.807) is 0 Å². The van der Waals surface area contributed by atoms with Gasteiger partial charge in [0, 0.05) is 22.7 Å². The van der Waals surface area contributed by atoms with Crippen molar-refractivity contribution in [3.8, 4) is 0 Å². The van der Waals surface area contributed by atoms with E-state index in [0.29, 0.717) is 25.0 Å². The minimum atomic E-state index is -1.61. The lowest BCUT2D eigenvalue weighted by atomic mass is 9.26. The van der Waals surface area contributed by atoms with Gasteiger partial charge in [-0.25, -0.2) is 0 Å². The van der Waals surface area contributed by atoms with Crippen LogP contribution in [0.5, 0.6) is 0 Å². The number of hydrogen-bond acceptors (Lipinski definition) is 3. The van der Waals surface area contributed by atoms with Crippen LogP contribution >= 0.6 is 0 Å². The Labute approximate surface area is 144 Å². The molecule has 1 aliphatic heterocycles. The predicted molar refractivity (Wildman–Crippen MR) is 92.5 cm³/mol. The van der Waals surface area contributed by atoms with Crippen LogP contribution in [0.4, 0.5) is 0 Å². The fourth-order valence-corrected chi connectivity index (χ4v) is 6.38. The van der Waals surface area contributed by atoms with Crippen molar-refractivity contribution in [2.24, 2.45) is 11.8 Å². The van der Waals surface area contributed by atoms with Crippen LogP contribution in [-0.4, -0.2) is 17.4 Å². The minimum Gasteiger partial charge on any atom is -0.268 e. The summed E-state index contributed by atoms with van der Waals surface area (Å²) >= 11 is -1.61. The quantitative estimate of drug-likeness (QED) is 0.839. The standard InChI is InChI=1S/C20H20O3S/c21-24-22-13-17-18(14-23-24)20(16-9-5-2-6-10-16)12-11-19(17,20)15-7-3-1-4-8-15/h1-10,17-18H,11-14H2/t17-,18+,19-,20+,24?. The fourth-order valence-electron chi connectivity index (χ4n) is 5.80. The van der Waals surface area contributed by atoms with Crippen molar-refractivity contribution in [3.05, 3.63) is 71.8 Å². The van der Waals surface area contributed by atoms with Crippen molar-refractivity contribution in [1.29, 1.82) is 0 Å². The van der Waals surface area contributed by atoms with Crippen molar-refractivity contribution in [2.75, 3.05) is 13.2 Å². The first-order chi connectivity index (χ1) is 11.8. The zero-order chi connectivity index (χ0) is 16.2. The number of hydrogen-bond donors (Lipinski definition) is 0. The molecule has 0 amide bonds. The molecule has 0 radical (unpaired) electrons. The van der Waals surface area contributed by atoms with Crippen LogP contribution in [-0.2, 0) is 30.6 Å². The average molecular weight is 340 g/mol. The highest BCUT2D eigenvalue weighted by atomic mass is 32.2. The predicted octanol–water partition coefficient (Wildman–Crippen LogP) is 3.53. The first kappa shape index (κ1) is 14.8. The van der Waals surface area contributed by atoms with Gasteiger partial charge in [-0.3, -0.25) is 8.37 Å². The Morgan fingerprint density at radius 1 is 0.750 bits per heavy atom. The van der Waals surface area contributed by atoms with Gasteiger partial charge < -0.3 is 0 Å². The van der Waals surface area contributed by atoms with Crippen LogP contribution in [0, 0.1) is 11.8 Å². The first-order valence-corrected chi connectivity index (χ1v) is 9.58. The molecule has 3 nitrogen and oxygen atoms in total. The Kier molecular flexibility index (Phi) is 3.24. The van der Waals surface area contributed by atoms with Crippen LogP contribution in [0.3, 0.4) is 0 Å². The molecule has 2 aromatic carbocycles. The molecule has 2 aromatic rings. The van der Waals surface area contributed by atoms with Gasteiger partial charge in [0.2, 0.25) is 0 Å². The molecule has 0 N–H and O–H groups in total. The van der Waals surface area contributed by atoms with Crippen LogP contribution in [0.25, 0.3) is 0 Å². The van der Waals surface area contributed by atoms with Gasteiger partial charge in [-0.15, -0.1) is 0 Å². The maximum atomic E-state index is 11.8. The highest BCUT2D eigenvalue weighted by Crippen LogP contribution is 2.76. The number of fused-ring (bicyclic) bond motifs is 4. The second-order valence-electron chi connectivity index (χ2n) is 7.16. The molecule has 0 spiro atoms. The normalized spacial score (nSPS) is 40.4. The van der Waals surface area contributed by atoms with Gasteiger partial charge in [0.25, 0.3) is 0 Å². The fraction of sp³-hybridized carbons (Fsp3) is 0.400. The first-order valence-electron chi connectivity index (χ1n) is 8.58. The molecule has 3 aliphatic rings. The minimum absolute atomic E-state index is 0.0815. The van der Waals surface area contributed by atoms with Gasteiger partial charge in [0.05, 0.1) is 13.2 Å². The summed E-state index contributed by atoms with van der Waals surface area (Å²) in [6.45, 7) is 1.03. The zero-order valence-electron chi connectivity index (χ0n) is 13.4. The van der Waals surface area contributed by atoms with Crippen molar-refractivity contribution in [2.45, 2.75) is 23.7 Å². The van der Waals surface area contributed by atoms with Crippen LogP contribution < -0.4 is 0 Å². The third-order valence-corrected chi connectivity index (χ3v) is 7.38. The second-order valence-corrected chi connectivity index (χ2v) is 8.04. The lowest BCUT2D eigenvalue weighted by Gasteiger charge is -2.76. The Hall–Kier alpha value is -1.49. The van der Waals surface area contributed by atoms with E-state index < -0.39 is 11.4 Å². The lowest BCUT2D eigenvalue weighted by molar-refractivity contribution is -0.184. The largest absolute Gasteiger partial charge is 0.304 e. The Bertz CT molecular complexity index is 712. The van der Waals surface area contributed by atoms with Gasteiger partial charge in [0.15, 0.2) is 0 Å². The number of benzene rings is 2. The van der Waals surface area contributed by atoms with E-state index in [9.17, 15) is 4.21 Å². The highest BCUT2D eigenvalue weighted by molar-refractivity contribution is 7.75. The van der Waals surface area contributed by atoms with Gasteiger partial charge in [-0.05, 0) is 24.0 Å². The molecule has 124 valence electrons. The average Bonchev–Trinajstić information content (AvgIpc) is 2.79. The zero-order valence-corrected chi connectivity index (χ0v) is 14.2. The monoisotopic (exact) mass is 340 g/mol. The summed E-state index contributed by atoms with van der Waals surface area (Å²) in [6, 6.07) is 21.6. The number of rotatable bonds is 2. The summed E-state index contributed by atoms with van der Waals surface area (Å²) in [5.41, 5.74) is 2.94. The topological polar surface area (TPSA) is 35.5 Å². The van der Waals surface area contributed by atoms with Crippen LogP contribution in [0.2, 0.25) is 0 Å². The molecule has 1 saturated heterocycles. The maximum absolute atomic E-state index is 11.8. The summed E-state index contributed by atoms with van der Waals surface area (Å²) in [5.74, 6) is 0.723. The molecule has 2 saturated carbocycles. The van der Waals surface area contributed by atoms with Crippen LogP contribution in [0.1, 0.15) is 24.0 Å². The molecule has 5 rings (SSSR count). The van der Waals surface area contributed by atoms with Gasteiger partial charge in [-0.1, -0.05) is 60.7 Å². The smallest absolute Gasteiger partial charge is 0.268 e. The highest BCUT2D eigenvalue weighted by Gasteiger charge is 2.77. The molecular formula is C20H20O3S. The second kappa shape index (κ2) is 5.25. The van der Waals surface area contributed by atoms with Gasteiger partial charge in [0.1, 0.15) is 0 Å². The van der Waals surface area contributed by atoms with E-state index in [4.69, 9.17) is 8.37 Å². The van der Waals surface area contributed by atoms with E-state index in [2.05, 4.69) is 60.7 Å². The van der Waals surface area contributed by atoms with Crippen molar-refractivity contribution in [3.63, 3.8) is 0 Å². The Morgan fingerprint density at radius 3 is 1.54 bits per heavy atom. The Balaban J connectivity index is 1.67. The molecular weight excluding hydrogens is 320 g/mol. The third-order valence-electron chi connectivity index (χ3n) is 6.73. The van der Waals surface area contributed by atoms with Crippen molar-refractivity contribution in [1.82, 2.24) is 0 Å². The molecule has 1 heterocycles. The van der Waals surface area contributed by atoms with Crippen molar-refractivity contribution >= 4 is 11.4 Å². The molecule has 0 aromatic heterocycles. The summed E-state index contributed by atoms with van der Waals surface area (Å²) in [4.78, 5) is 0. The molecule has 1 unspecified atom stereocenters. The van der Waals surface area contributed by atoms with E-state index >= 15 is 0 Å². The van der Waals surface area contributed by atoms with Crippen LogP contribution in [0.15, 0.2) is 60.7 Å². The summed E-state index contributed by atoms with van der Waals surface area (Å²) in [5, 5.41) is 0. The lowest BCUT2D eigenvalue weighted by Crippen LogP contribution is -2.78. The molecule has 24 heavy (non-hydrogen) atoms.